The molecule has 0 unspecified atom stereocenters. The molecule has 2 N–H and O–H groups in total. The minimum absolute atomic E-state index is 0.0170. The Morgan fingerprint density at radius 3 is 2.49 bits per heavy atom. The predicted octanol–water partition coefficient (Wildman–Crippen LogP) is 4.45. The van der Waals surface area contributed by atoms with Gasteiger partial charge in [0, 0.05) is 30.0 Å². The van der Waals surface area contributed by atoms with E-state index in [9.17, 15) is 14.7 Å². The quantitative estimate of drug-likeness (QED) is 0.223. The van der Waals surface area contributed by atoms with Crippen molar-refractivity contribution in [2.75, 3.05) is 6.54 Å². The molecular formula is C24H28N8O3. The van der Waals surface area contributed by atoms with Crippen LogP contribution in [0, 0.1) is 5.92 Å². The standard InChI is InChI=1S/C24H28N8O3/c1-3-4-9-21(33)32(22(24(34)35)16(2)14-26-29-25)15-17-10-12-18(13-11-17)19-7-5-6-8-20(19)23-27-30-31-28-23/h5-8,10-13,16,22H,3-4,9,14-15H2,1-2H3,(H,34,35)(H,27,28,30,31)/t16-,22+/m1/s1. The van der Waals surface area contributed by atoms with Crippen LogP contribution < -0.4 is 0 Å². The molecule has 11 heteroatoms. The van der Waals surface area contributed by atoms with E-state index in [0.29, 0.717) is 12.2 Å². The second kappa shape index (κ2) is 12.3. The fourth-order valence-corrected chi connectivity index (χ4v) is 3.95. The number of rotatable bonds is 12. The van der Waals surface area contributed by atoms with Crippen LogP contribution in [0.5, 0.6) is 0 Å². The normalized spacial score (nSPS) is 12.4. The number of azide groups is 1. The Balaban J connectivity index is 1.89. The summed E-state index contributed by atoms with van der Waals surface area (Å²) in [5.41, 5.74) is 12.1. The van der Waals surface area contributed by atoms with Crippen molar-refractivity contribution in [2.24, 2.45) is 11.0 Å². The first-order chi connectivity index (χ1) is 17.0. The van der Waals surface area contributed by atoms with Crippen molar-refractivity contribution in [3.63, 3.8) is 0 Å². The number of tetrazole rings is 1. The highest BCUT2D eigenvalue weighted by molar-refractivity contribution is 5.84. The summed E-state index contributed by atoms with van der Waals surface area (Å²) in [5, 5.41) is 27.7. The molecule has 3 rings (SSSR count). The van der Waals surface area contributed by atoms with Gasteiger partial charge in [-0.1, -0.05) is 73.9 Å². The number of aromatic nitrogens is 4. The molecule has 11 nitrogen and oxygen atoms in total. The number of aromatic amines is 1. The van der Waals surface area contributed by atoms with Crippen molar-refractivity contribution < 1.29 is 14.7 Å². The molecule has 1 aromatic heterocycles. The van der Waals surface area contributed by atoms with Crippen LogP contribution >= 0.6 is 0 Å². The zero-order valence-corrected chi connectivity index (χ0v) is 19.7. The first-order valence-electron chi connectivity index (χ1n) is 11.4. The number of carbonyl (C=O) groups is 2. The maximum atomic E-state index is 13.0. The van der Waals surface area contributed by atoms with Gasteiger partial charge in [0.1, 0.15) is 6.04 Å². The third-order valence-corrected chi connectivity index (χ3v) is 5.76. The molecule has 0 saturated heterocycles. The van der Waals surface area contributed by atoms with Gasteiger partial charge in [0.2, 0.25) is 11.7 Å². The van der Waals surface area contributed by atoms with Gasteiger partial charge >= 0.3 is 5.97 Å². The molecule has 3 aromatic rings. The first-order valence-corrected chi connectivity index (χ1v) is 11.4. The van der Waals surface area contributed by atoms with E-state index in [0.717, 1.165) is 28.7 Å². The smallest absolute Gasteiger partial charge is 0.326 e. The molecule has 35 heavy (non-hydrogen) atoms. The SMILES string of the molecule is CCCCC(=O)N(Cc1ccc(-c2ccccc2-c2nn[nH]n2)cc1)[C@H](C(=O)O)[C@H](C)CN=[N+]=[N-]. The number of hydrogen-bond acceptors (Lipinski definition) is 6. The summed E-state index contributed by atoms with van der Waals surface area (Å²) >= 11 is 0. The minimum Gasteiger partial charge on any atom is -0.480 e. The number of amides is 1. The third kappa shape index (κ3) is 6.42. The fraction of sp³-hybridized carbons (Fsp3) is 0.375. The van der Waals surface area contributed by atoms with Crippen molar-refractivity contribution in [1.82, 2.24) is 25.5 Å². The van der Waals surface area contributed by atoms with Gasteiger partial charge in [0.05, 0.1) is 0 Å². The molecule has 0 saturated carbocycles. The molecule has 0 spiro atoms. The highest BCUT2D eigenvalue weighted by Crippen LogP contribution is 2.30. The zero-order chi connectivity index (χ0) is 25.2. The average Bonchev–Trinajstić information content (AvgIpc) is 3.41. The van der Waals surface area contributed by atoms with E-state index < -0.39 is 17.9 Å². The van der Waals surface area contributed by atoms with Crippen molar-refractivity contribution >= 4 is 11.9 Å². The minimum atomic E-state index is -1.12. The van der Waals surface area contributed by atoms with Crippen LogP contribution in [-0.2, 0) is 16.1 Å². The molecular weight excluding hydrogens is 448 g/mol. The number of nitrogens with one attached hydrogen (secondary N) is 1. The lowest BCUT2D eigenvalue weighted by molar-refractivity contribution is -0.153. The number of carboxylic acid groups (broad SMARTS) is 1. The highest BCUT2D eigenvalue weighted by Gasteiger charge is 2.33. The number of carboxylic acids is 1. The molecule has 182 valence electrons. The van der Waals surface area contributed by atoms with Gasteiger partial charge in [-0.15, -0.1) is 10.2 Å². The van der Waals surface area contributed by atoms with E-state index >= 15 is 0 Å². The van der Waals surface area contributed by atoms with Gasteiger partial charge in [-0.25, -0.2) is 4.79 Å². The van der Waals surface area contributed by atoms with Gasteiger partial charge in [-0.05, 0) is 39.8 Å². The first kappa shape index (κ1) is 25.4. The van der Waals surface area contributed by atoms with Crippen molar-refractivity contribution in [2.45, 2.75) is 45.7 Å². The van der Waals surface area contributed by atoms with E-state index in [1.165, 1.54) is 4.90 Å². The molecule has 0 aliphatic heterocycles. The summed E-state index contributed by atoms with van der Waals surface area (Å²) in [4.78, 5) is 29.3. The molecule has 0 radical (unpaired) electrons. The highest BCUT2D eigenvalue weighted by atomic mass is 16.4. The Bertz CT molecular complexity index is 1170. The Labute approximate surface area is 202 Å². The number of benzene rings is 2. The Morgan fingerprint density at radius 1 is 1.17 bits per heavy atom. The van der Waals surface area contributed by atoms with E-state index in [2.05, 4.69) is 30.7 Å². The van der Waals surface area contributed by atoms with Gasteiger partial charge in [-0.2, -0.15) is 5.21 Å². The zero-order valence-electron chi connectivity index (χ0n) is 19.7. The molecule has 2 atom stereocenters. The Hall–Kier alpha value is -4.24. The number of unbranched alkanes of at least 4 members (excludes halogenated alkanes) is 1. The van der Waals surface area contributed by atoms with Gasteiger partial charge in [0.25, 0.3) is 0 Å². The summed E-state index contributed by atoms with van der Waals surface area (Å²) < 4.78 is 0. The maximum Gasteiger partial charge on any atom is 0.326 e. The molecule has 2 aromatic carbocycles. The van der Waals surface area contributed by atoms with Crippen molar-refractivity contribution in [3.8, 4) is 22.5 Å². The van der Waals surface area contributed by atoms with Gasteiger partial charge in [0.15, 0.2) is 0 Å². The Morgan fingerprint density at radius 2 is 1.89 bits per heavy atom. The third-order valence-electron chi connectivity index (χ3n) is 5.76. The van der Waals surface area contributed by atoms with Crippen LogP contribution in [0.2, 0.25) is 0 Å². The molecule has 1 amide bonds. The molecule has 0 fully saturated rings. The molecule has 0 aliphatic rings. The van der Waals surface area contributed by atoms with Gasteiger partial charge < -0.3 is 10.0 Å². The number of aliphatic carboxylic acids is 1. The largest absolute Gasteiger partial charge is 0.480 e. The second-order valence-corrected chi connectivity index (χ2v) is 8.28. The summed E-state index contributed by atoms with van der Waals surface area (Å²) in [6.45, 7) is 3.76. The second-order valence-electron chi connectivity index (χ2n) is 8.28. The Kier molecular flexibility index (Phi) is 8.91. The van der Waals surface area contributed by atoms with Crippen LogP contribution in [0.15, 0.2) is 53.6 Å². The van der Waals surface area contributed by atoms with Crippen molar-refractivity contribution in [3.05, 3.63) is 64.5 Å². The summed E-state index contributed by atoms with van der Waals surface area (Å²) in [5.74, 6) is -1.43. The number of nitrogens with zero attached hydrogens (tertiary/aromatic N) is 7. The monoisotopic (exact) mass is 476 g/mol. The summed E-state index contributed by atoms with van der Waals surface area (Å²) in [6, 6.07) is 14.2. The van der Waals surface area contributed by atoms with Crippen molar-refractivity contribution in [1.29, 1.82) is 0 Å². The maximum absolute atomic E-state index is 13.0. The van der Waals surface area contributed by atoms with Crippen LogP contribution in [0.3, 0.4) is 0 Å². The molecule has 0 bridgehead atoms. The van der Waals surface area contributed by atoms with Crippen LogP contribution in [0.4, 0.5) is 0 Å². The molecule has 0 aliphatic carbocycles. The van der Waals surface area contributed by atoms with Crippen LogP contribution in [-0.4, -0.2) is 55.1 Å². The van der Waals surface area contributed by atoms with E-state index in [-0.39, 0.29) is 25.4 Å². The topological polar surface area (TPSA) is 161 Å². The van der Waals surface area contributed by atoms with E-state index in [1.54, 1.807) is 6.92 Å². The van der Waals surface area contributed by atoms with Gasteiger partial charge in [-0.3, -0.25) is 4.79 Å². The lowest BCUT2D eigenvalue weighted by Gasteiger charge is -2.32. The van der Waals surface area contributed by atoms with E-state index in [1.807, 2.05) is 55.5 Å². The summed E-state index contributed by atoms with van der Waals surface area (Å²) in [7, 11) is 0. The van der Waals surface area contributed by atoms with E-state index in [4.69, 9.17) is 5.53 Å². The number of H-pyrrole nitrogens is 1. The average molecular weight is 477 g/mol. The van der Waals surface area contributed by atoms with Crippen LogP contribution in [0.25, 0.3) is 33.0 Å². The van der Waals surface area contributed by atoms with Crippen LogP contribution in [0.1, 0.15) is 38.7 Å². The lowest BCUT2D eigenvalue weighted by Crippen LogP contribution is -2.49. The number of carbonyl (C=O) groups excluding carboxylic acids is 1. The molecule has 1 heterocycles. The predicted molar refractivity (Wildman–Crippen MR) is 130 cm³/mol. The fourth-order valence-electron chi connectivity index (χ4n) is 3.95. The summed E-state index contributed by atoms with van der Waals surface area (Å²) in [6.07, 6.45) is 1.74. The number of hydrogen-bond donors (Lipinski definition) is 2. The lowest BCUT2D eigenvalue weighted by atomic mass is 9.97.